The lowest BCUT2D eigenvalue weighted by atomic mass is 9.90. The fourth-order valence-corrected chi connectivity index (χ4v) is 3.97. The normalized spacial score (nSPS) is 13.9. The number of rotatable bonds is 14. The van der Waals surface area contributed by atoms with E-state index in [0.29, 0.717) is 52.9 Å². The molecule has 2 aromatic carbocycles. The van der Waals surface area contributed by atoms with Crippen LogP contribution in [0.1, 0.15) is 22.3 Å². The minimum atomic E-state index is -0.704. The molecule has 1 aliphatic carbocycles. The summed E-state index contributed by atoms with van der Waals surface area (Å²) in [6.07, 6.45) is 0. The molecule has 0 fully saturated rings. The molecule has 0 bridgehead atoms. The summed E-state index contributed by atoms with van der Waals surface area (Å²) in [6, 6.07) is 13.0. The van der Waals surface area contributed by atoms with Crippen molar-refractivity contribution < 1.29 is 28.8 Å². The van der Waals surface area contributed by atoms with Gasteiger partial charge >= 0.3 is 0 Å². The molecule has 0 amide bonds. The Kier molecular flexibility index (Phi) is 9.02. The van der Waals surface area contributed by atoms with Gasteiger partial charge in [0.05, 0.1) is 59.5 Å². The van der Waals surface area contributed by atoms with E-state index in [-0.39, 0.29) is 6.61 Å². The Morgan fingerprint density at radius 1 is 0.710 bits per heavy atom. The van der Waals surface area contributed by atoms with Crippen LogP contribution < -0.4 is 0 Å². The van der Waals surface area contributed by atoms with Crippen LogP contribution in [0.4, 0.5) is 0 Å². The summed E-state index contributed by atoms with van der Waals surface area (Å²) in [5, 5.41) is 8.88. The van der Waals surface area contributed by atoms with Crippen molar-refractivity contribution in [3.8, 4) is 11.1 Å². The summed E-state index contributed by atoms with van der Waals surface area (Å²) in [7, 11) is 1.66. The van der Waals surface area contributed by atoms with E-state index < -0.39 is 5.60 Å². The number of benzene rings is 2. The second-order valence-corrected chi connectivity index (χ2v) is 7.77. The fourth-order valence-electron chi connectivity index (χ4n) is 3.97. The summed E-state index contributed by atoms with van der Waals surface area (Å²) >= 11 is 0. The Bertz CT molecular complexity index is 765. The molecular formula is C25H34O6. The van der Waals surface area contributed by atoms with Gasteiger partial charge in [-0.3, -0.25) is 0 Å². The quantitative estimate of drug-likeness (QED) is 0.464. The van der Waals surface area contributed by atoms with Crippen LogP contribution >= 0.6 is 0 Å². The summed E-state index contributed by atoms with van der Waals surface area (Å²) < 4.78 is 28.7. The van der Waals surface area contributed by atoms with Gasteiger partial charge in [-0.2, -0.15) is 0 Å². The van der Waals surface area contributed by atoms with Crippen molar-refractivity contribution in [3.05, 3.63) is 58.7 Å². The maximum Gasteiger partial charge on any atom is 0.143 e. The SMILES string of the molecule is COCCOCCOC1(COCCOCCO)c2cc(C)ccc2-c2ccc(C)cc21. The van der Waals surface area contributed by atoms with Gasteiger partial charge in [0, 0.05) is 7.11 Å². The van der Waals surface area contributed by atoms with Gasteiger partial charge in [0.1, 0.15) is 5.60 Å². The van der Waals surface area contributed by atoms with Gasteiger partial charge in [0.25, 0.3) is 0 Å². The third-order valence-corrected chi connectivity index (χ3v) is 5.43. The molecule has 0 aromatic heterocycles. The summed E-state index contributed by atoms with van der Waals surface area (Å²) in [5.41, 5.74) is 6.27. The number of fused-ring (bicyclic) bond motifs is 3. The van der Waals surface area contributed by atoms with E-state index in [0.717, 1.165) is 11.1 Å². The van der Waals surface area contributed by atoms with Crippen LogP contribution in [-0.2, 0) is 29.3 Å². The maximum absolute atomic E-state index is 8.88. The molecule has 0 atom stereocenters. The first-order valence-corrected chi connectivity index (χ1v) is 10.8. The molecule has 1 aliphatic rings. The van der Waals surface area contributed by atoms with Crippen molar-refractivity contribution in [2.75, 3.05) is 66.6 Å². The number of hydrogen-bond donors (Lipinski definition) is 1. The highest BCUT2D eigenvalue weighted by Gasteiger charge is 2.45. The molecular weight excluding hydrogens is 396 g/mol. The molecule has 0 radical (unpaired) electrons. The van der Waals surface area contributed by atoms with Crippen molar-refractivity contribution in [2.24, 2.45) is 0 Å². The van der Waals surface area contributed by atoms with Gasteiger partial charge in [-0.05, 0) is 36.1 Å². The van der Waals surface area contributed by atoms with E-state index in [9.17, 15) is 0 Å². The van der Waals surface area contributed by atoms with Gasteiger partial charge in [0.15, 0.2) is 0 Å². The summed E-state index contributed by atoms with van der Waals surface area (Å²) in [6.45, 7) is 7.76. The van der Waals surface area contributed by atoms with E-state index in [1.807, 2.05) is 0 Å². The standard InChI is InChI=1S/C25H34O6/c1-19-4-6-21-22-7-5-20(2)17-24(22)25(23(21)16-19,18-30-13-12-28-9-8-26)31-15-14-29-11-10-27-3/h4-7,16-17,26H,8-15,18H2,1-3H3. The van der Waals surface area contributed by atoms with Gasteiger partial charge in [-0.25, -0.2) is 0 Å². The van der Waals surface area contributed by atoms with Gasteiger partial charge in [-0.1, -0.05) is 47.5 Å². The molecule has 0 spiro atoms. The van der Waals surface area contributed by atoms with E-state index in [2.05, 4.69) is 50.2 Å². The second kappa shape index (κ2) is 11.7. The number of methoxy groups -OCH3 is 1. The number of hydrogen-bond acceptors (Lipinski definition) is 6. The van der Waals surface area contributed by atoms with E-state index in [1.165, 1.54) is 22.3 Å². The lowest BCUT2D eigenvalue weighted by molar-refractivity contribution is -0.0967. The zero-order chi connectivity index (χ0) is 22.1. The number of aliphatic hydroxyl groups is 1. The van der Waals surface area contributed by atoms with Crippen LogP contribution in [0, 0.1) is 13.8 Å². The topological polar surface area (TPSA) is 66.4 Å². The van der Waals surface area contributed by atoms with Gasteiger partial charge in [-0.15, -0.1) is 0 Å². The Morgan fingerprint density at radius 2 is 1.26 bits per heavy atom. The van der Waals surface area contributed by atoms with Gasteiger partial charge in [0.2, 0.25) is 0 Å². The van der Waals surface area contributed by atoms with Crippen molar-refractivity contribution in [2.45, 2.75) is 19.4 Å². The van der Waals surface area contributed by atoms with Gasteiger partial charge < -0.3 is 28.8 Å². The van der Waals surface area contributed by atoms with Crippen molar-refractivity contribution in [3.63, 3.8) is 0 Å². The molecule has 0 unspecified atom stereocenters. The minimum absolute atomic E-state index is 0.00935. The van der Waals surface area contributed by atoms with Crippen LogP contribution in [0.25, 0.3) is 11.1 Å². The average molecular weight is 431 g/mol. The molecule has 6 heteroatoms. The zero-order valence-corrected chi connectivity index (χ0v) is 18.8. The summed E-state index contributed by atoms with van der Waals surface area (Å²) in [4.78, 5) is 0. The lowest BCUT2D eigenvalue weighted by Crippen LogP contribution is -2.36. The van der Waals surface area contributed by atoms with E-state index in [4.69, 9.17) is 28.8 Å². The fraction of sp³-hybridized carbons (Fsp3) is 0.520. The van der Waals surface area contributed by atoms with Crippen LogP contribution in [-0.4, -0.2) is 71.7 Å². The summed E-state index contributed by atoms with van der Waals surface area (Å²) in [5.74, 6) is 0. The van der Waals surface area contributed by atoms with Crippen LogP contribution in [0.5, 0.6) is 0 Å². The lowest BCUT2D eigenvalue weighted by Gasteiger charge is -2.32. The highest BCUT2D eigenvalue weighted by Crippen LogP contribution is 2.50. The monoisotopic (exact) mass is 430 g/mol. The van der Waals surface area contributed by atoms with Crippen LogP contribution in [0.3, 0.4) is 0 Å². The minimum Gasteiger partial charge on any atom is -0.394 e. The molecule has 0 saturated heterocycles. The van der Waals surface area contributed by atoms with Crippen molar-refractivity contribution in [1.82, 2.24) is 0 Å². The molecule has 6 nitrogen and oxygen atoms in total. The Labute approximate surface area is 185 Å². The van der Waals surface area contributed by atoms with Crippen LogP contribution in [0.2, 0.25) is 0 Å². The Hall–Kier alpha value is -1.80. The number of aryl methyl sites for hydroxylation is 2. The van der Waals surface area contributed by atoms with E-state index in [1.54, 1.807) is 7.11 Å². The molecule has 31 heavy (non-hydrogen) atoms. The number of aliphatic hydroxyl groups excluding tert-OH is 1. The molecule has 0 saturated carbocycles. The zero-order valence-electron chi connectivity index (χ0n) is 18.8. The molecule has 1 N–H and O–H groups in total. The smallest absolute Gasteiger partial charge is 0.143 e. The highest BCUT2D eigenvalue weighted by atomic mass is 16.6. The third kappa shape index (κ3) is 5.71. The number of ether oxygens (including phenoxy) is 5. The largest absolute Gasteiger partial charge is 0.394 e. The highest BCUT2D eigenvalue weighted by molar-refractivity contribution is 5.81. The van der Waals surface area contributed by atoms with Crippen molar-refractivity contribution >= 4 is 0 Å². The first-order valence-electron chi connectivity index (χ1n) is 10.8. The first-order chi connectivity index (χ1) is 15.1. The predicted octanol–water partition coefficient (Wildman–Crippen LogP) is 3.23. The van der Waals surface area contributed by atoms with Crippen LogP contribution in [0.15, 0.2) is 36.4 Å². The van der Waals surface area contributed by atoms with E-state index >= 15 is 0 Å². The molecule has 2 aromatic rings. The molecule has 170 valence electrons. The first kappa shape index (κ1) is 23.9. The Morgan fingerprint density at radius 3 is 1.87 bits per heavy atom. The van der Waals surface area contributed by atoms with Crippen molar-refractivity contribution in [1.29, 1.82) is 0 Å². The maximum atomic E-state index is 8.88. The Balaban J connectivity index is 1.85. The third-order valence-electron chi connectivity index (χ3n) is 5.43. The molecule has 0 aliphatic heterocycles. The molecule has 0 heterocycles. The second-order valence-electron chi connectivity index (χ2n) is 7.77. The average Bonchev–Trinajstić information content (AvgIpc) is 3.02. The molecule has 3 rings (SSSR count). The predicted molar refractivity (Wildman–Crippen MR) is 120 cm³/mol.